The third kappa shape index (κ3) is 2.54. The summed E-state index contributed by atoms with van der Waals surface area (Å²) in [6, 6.07) is 4.79. The number of benzene rings is 1. The predicted octanol–water partition coefficient (Wildman–Crippen LogP) is 3.59. The third-order valence-electron chi connectivity index (χ3n) is 2.87. The Kier molecular flexibility index (Phi) is 3.46. The molecule has 2 rings (SSSR count). The number of hydrogen-bond donors (Lipinski definition) is 1. The van der Waals surface area contributed by atoms with Crippen LogP contribution in [0.1, 0.15) is 31.1 Å². The first-order valence-electron chi connectivity index (χ1n) is 6.18. The molecule has 4 nitrogen and oxygen atoms in total. The number of nitrogens with two attached hydrogens (primary N) is 1. The highest BCUT2D eigenvalue weighted by Crippen LogP contribution is 2.33. The van der Waals surface area contributed by atoms with E-state index >= 15 is 0 Å². The van der Waals surface area contributed by atoms with Crippen LogP contribution in [0.3, 0.4) is 0 Å². The van der Waals surface area contributed by atoms with Crippen molar-refractivity contribution in [1.82, 2.24) is 9.78 Å². The van der Waals surface area contributed by atoms with Crippen molar-refractivity contribution in [1.29, 1.82) is 0 Å². The van der Waals surface area contributed by atoms with E-state index in [-0.39, 0.29) is 11.8 Å². The van der Waals surface area contributed by atoms with Gasteiger partial charge in [0.2, 0.25) is 5.88 Å². The van der Waals surface area contributed by atoms with Crippen molar-refractivity contribution in [2.24, 2.45) is 0 Å². The fourth-order valence-electron chi connectivity index (χ4n) is 1.78. The molecule has 0 spiro atoms. The molecular weight excluding hydrogens is 245 g/mol. The van der Waals surface area contributed by atoms with Crippen LogP contribution in [-0.2, 0) is 0 Å². The van der Waals surface area contributed by atoms with Crippen LogP contribution in [0.4, 0.5) is 10.1 Å². The highest BCUT2D eigenvalue weighted by atomic mass is 19.1. The van der Waals surface area contributed by atoms with Gasteiger partial charge in [-0.25, -0.2) is 9.07 Å². The summed E-state index contributed by atoms with van der Waals surface area (Å²) in [5, 5.41) is 4.30. The number of aryl methyl sites for hydroxylation is 2. The summed E-state index contributed by atoms with van der Waals surface area (Å²) in [6.45, 7) is 7.60. The normalized spacial score (nSPS) is 11.1. The first-order valence-corrected chi connectivity index (χ1v) is 6.18. The molecule has 0 saturated heterocycles. The van der Waals surface area contributed by atoms with Gasteiger partial charge in [0, 0.05) is 0 Å². The first kappa shape index (κ1) is 13.4. The van der Waals surface area contributed by atoms with Crippen LogP contribution in [0, 0.1) is 19.7 Å². The molecule has 2 N–H and O–H groups in total. The smallest absolute Gasteiger partial charge is 0.241 e. The van der Waals surface area contributed by atoms with E-state index in [0.717, 1.165) is 5.56 Å². The molecule has 0 radical (unpaired) electrons. The largest absolute Gasteiger partial charge is 0.434 e. The molecule has 0 saturated carbocycles. The Morgan fingerprint density at radius 1 is 1.32 bits per heavy atom. The second kappa shape index (κ2) is 4.91. The molecule has 0 atom stereocenters. The van der Waals surface area contributed by atoms with Gasteiger partial charge in [0.1, 0.15) is 5.69 Å². The van der Waals surface area contributed by atoms with Gasteiger partial charge in [-0.05, 0) is 45.4 Å². The van der Waals surface area contributed by atoms with Crippen molar-refractivity contribution in [2.45, 2.75) is 33.7 Å². The first-order chi connectivity index (χ1) is 8.90. The Morgan fingerprint density at radius 3 is 2.63 bits per heavy atom. The number of aromatic nitrogens is 2. The monoisotopic (exact) mass is 263 g/mol. The van der Waals surface area contributed by atoms with Gasteiger partial charge in [-0.2, -0.15) is 5.10 Å². The summed E-state index contributed by atoms with van der Waals surface area (Å²) in [5.41, 5.74) is 7.98. The van der Waals surface area contributed by atoms with Crippen LogP contribution in [0.5, 0.6) is 11.6 Å². The van der Waals surface area contributed by atoms with Crippen LogP contribution < -0.4 is 10.5 Å². The second-order valence-electron chi connectivity index (χ2n) is 4.88. The number of nitrogen functional groups attached to an aromatic ring is 1. The van der Waals surface area contributed by atoms with Crippen molar-refractivity contribution in [3.8, 4) is 11.6 Å². The highest BCUT2D eigenvalue weighted by molar-refractivity contribution is 5.54. The maximum atomic E-state index is 13.7. The summed E-state index contributed by atoms with van der Waals surface area (Å²) in [5.74, 6) is 0.129. The van der Waals surface area contributed by atoms with Gasteiger partial charge in [0.25, 0.3) is 0 Å². The molecule has 1 heterocycles. The molecule has 102 valence electrons. The molecule has 0 bridgehead atoms. The van der Waals surface area contributed by atoms with Crippen molar-refractivity contribution in [3.05, 3.63) is 35.3 Å². The Labute approximate surface area is 112 Å². The topological polar surface area (TPSA) is 53.1 Å². The molecule has 5 heteroatoms. The van der Waals surface area contributed by atoms with Crippen molar-refractivity contribution < 1.29 is 9.13 Å². The lowest BCUT2D eigenvalue weighted by Crippen LogP contribution is -2.06. The lowest BCUT2D eigenvalue weighted by Gasteiger charge is -2.13. The average molecular weight is 263 g/mol. The van der Waals surface area contributed by atoms with Gasteiger partial charge in [0.15, 0.2) is 11.6 Å². The number of anilines is 1. The molecule has 0 aliphatic rings. The van der Waals surface area contributed by atoms with Crippen LogP contribution in [-0.4, -0.2) is 9.78 Å². The lowest BCUT2D eigenvalue weighted by molar-refractivity contribution is 0.373. The van der Waals surface area contributed by atoms with E-state index in [1.807, 2.05) is 20.8 Å². The molecule has 0 amide bonds. The van der Waals surface area contributed by atoms with E-state index in [1.54, 1.807) is 23.7 Å². The number of nitrogens with zero attached hydrogens (tertiary/aromatic N) is 2. The quantitative estimate of drug-likeness (QED) is 0.920. The van der Waals surface area contributed by atoms with Gasteiger partial charge in [-0.1, -0.05) is 6.07 Å². The van der Waals surface area contributed by atoms with Crippen LogP contribution in [0.2, 0.25) is 0 Å². The molecular formula is C14H18FN3O. The van der Waals surface area contributed by atoms with Gasteiger partial charge in [-0.15, -0.1) is 0 Å². The van der Waals surface area contributed by atoms with Gasteiger partial charge >= 0.3 is 0 Å². The fraction of sp³-hybridized carbons (Fsp3) is 0.357. The van der Waals surface area contributed by atoms with Crippen molar-refractivity contribution >= 4 is 5.69 Å². The number of ether oxygens (including phenoxy) is 1. The molecule has 1 aromatic heterocycles. The van der Waals surface area contributed by atoms with Gasteiger partial charge in [0.05, 0.1) is 11.7 Å². The number of rotatable bonds is 3. The molecule has 0 fully saturated rings. The fourth-order valence-corrected chi connectivity index (χ4v) is 1.78. The molecule has 0 aliphatic heterocycles. The molecule has 2 aromatic rings. The van der Waals surface area contributed by atoms with Crippen molar-refractivity contribution in [2.75, 3.05) is 5.73 Å². The predicted molar refractivity (Wildman–Crippen MR) is 73.0 cm³/mol. The van der Waals surface area contributed by atoms with Crippen LogP contribution in [0.25, 0.3) is 0 Å². The Hall–Kier alpha value is -2.04. The summed E-state index contributed by atoms with van der Waals surface area (Å²) in [4.78, 5) is 0. The Bertz CT molecular complexity index is 605. The van der Waals surface area contributed by atoms with E-state index in [0.29, 0.717) is 17.3 Å². The highest BCUT2D eigenvalue weighted by Gasteiger charge is 2.18. The zero-order valence-electron chi connectivity index (χ0n) is 11.6. The minimum absolute atomic E-state index is 0.0823. The maximum absolute atomic E-state index is 13.7. The van der Waals surface area contributed by atoms with E-state index in [4.69, 9.17) is 10.5 Å². The molecule has 1 aromatic carbocycles. The summed E-state index contributed by atoms with van der Waals surface area (Å²) in [6.07, 6.45) is 0. The second-order valence-corrected chi connectivity index (χ2v) is 4.88. The minimum Gasteiger partial charge on any atom is -0.434 e. The standard InChI is InChI=1S/C14H18FN3O/c1-8(2)18-14(13(16)10(4)17-18)19-12-7-9(3)5-6-11(12)15/h5-8H,16H2,1-4H3. The van der Waals surface area contributed by atoms with Crippen LogP contribution in [0.15, 0.2) is 18.2 Å². The molecule has 0 aliphatic carbocycles. The van der Waals surface area contributed by atoms with Gasteiger partial charge in [-0.3, -0.25) is 0 Å². The number of halogens is 1. The summed E-state index contributed by atoms with van der Waals surface area (Å²) in [7, 11) is 0. The van der Waals surface area contributed by atoms with Gasteiger partial charge < -0.3 is 10.5 Å². The molecule has 19 heavy (non-hydrogen) atoms. The number of hydrogen-bond acceptors (Lipinski definition) is 3. The summed E-state index contributed by atoms with van der Waals surface area (Å²) < 4.78 is 21.0. The average Bonchev–Trinajstić information content (AvgIpc) is 2.62. The lowest BCUT2D eigenvalue weighted by atomic mass is 10.2. The third-order valence-corrected chi connectivity index (χ3v) is 2.87. The van der Waals surface area contributed by atoms with Crippen LogP contribution >= 0.6 is 0 Å². The maximum Gasteiger partial charge on any atom is 0.241 e. The zero-order valence-corrected chi connectivity index (χ0v) is 11.6. The Morgan fingerprint density at radius 2 is 2.00 bits per heavy atom. The van der Waals surface area contributed by atoms with E-state index < -0.39 is 5.82 Å². The Balaban J connectivity index is 2.45. The molecule has 0 unspecified atom stereocenters. The van der Waals surface area contributed by atoms with Crippen molar-refractivity contribution in [3.63, 3.8) is 0 Å². The minimum atomic E-state index is -0.417. The SMILES string of the molecule is Cc1ccc(F)c(Oc2c(N)c(C)nn2C(C)C)c1. The van der Waals surface area contributed by atoms with E-state index in [2.05, 4.69) is 5.10 Å². The zero-order chi connectivity index (χ0) is 14.2. The summed E-state index contributed by atoms with van der Waals surface area (Å²) >= 11 is 0. The van der Waals surface area contributed by atoms with E-state index in [1.165, 1.54) is 6.07 Å². The van der Waals surface area contributed by atoms with E-state index in [9.17, 15) is 4.39 Å².